The minimum atomic E-state index is -0.562. The summed E-state index contributed by atoms with van der Waals surface area (Å²) in [6.07, 6.45) is 10.9. The van der Waals surface area contributed by atoms with Crippen molar-refractivity contribution in [2.45, 2.75) is 109 Å². The molecule has 6 aliphatic rings. The fourth-order valence-corrected chi connectivity index (χ4v) is 11.6. The Balaban J connectivity index is 0.883. The van der Waals surface area contributed by atoms with Crippen LogP contribution < -0.4 is 34.9 Å². The van der Waals surface area contributed by atoms with Crippen molar-refractivity contribution < 1.29 is 42.8 Å². The minimum absolute atomic E-state index is 0.0158. The van der Waals surface area contributed by atoms with Crippen LogP contribution in [0.2, 0.25) is 0 Å². The monoisotopic (exact) mass is 761 g/mol. The standard InChI is InChI=1S/C43H59N3O9/c1-41-20-29-21-42(2,24-41)26-43(22-29,25-41)46-40(49)53-15-14-44-32-8-6-7-9-33(32)45-39(48)55-35-13-11-28(19-37(35)52-5)17-31-30(23-54-38(31)47)16-27-10-12-34(50-3)36(18-27)51-4/h10-13,18-19,29-33,44H,6-9,14-17,20-26H2,1-5H3,(H,45,48)(H,46,49)/t29?,30-,31+,32+,33+,41?,42?,43?/m0/s1. The van der Waals surface area contributed by atoms with Crippen LogP contribution in [-0.2, 0) is 27.1 Å². The average molecular weight is 762 g/mol. The Morgan fingerprint density at radius 3 is 2.09 bits per heavy atom. The lowest BCUT2D eigenvalue weighted by molar-refractivity contribution is -0.141. The van der Waals surface area contributed by atoms with Gasteiger partial charge < -0.3 is 44.4 Å². The van der Waals surface area contributed by atoms with Crippen molar-refractivity contribution in [3.63, 3.8) is 0 Å². The summed E-state index contributed by atoms with van der Waals surface area (Å²) in [7, 11) is 4.73. The van der Waals surface area contributed by atoms with E-state index in [-0.39, 0.29) is 48.1 Å². The molecule has 2 amide bonds. The highest BCUT2D eigenvalue weighted by Gasteiger charge is 2.60. The van der Waals surface area contributed by atoms with Crippen LogP contribution in [0, 0.1) is 28.6 Å². The van der Waals surface area contributed by atoms with Gasteiger partial charge in [-0.05, 0) is 116 Å². The number of rotatable bonds is 14. The summed E-state index contributed by atoms with van der Waals surface area (Å²) >= 11 is 0. The van der Waals surface area contributed by atoms with E-state index in [1.165, 1.54) is 26.4 Å². The van der Waals surface area contributed by atoms with Crippen LogP contribution in [-0.4, -0.2) is 76.9 Å². The quantitative estimate of drug-likeness (QED) is 0.140. The van der Waals surface area contributed by atoms with Gasteiger partial charge in [-0.25, -0.2) is 9.59 Å². The van der Waals surface area contributed by atoms with Gasteiger partial charge in [0.25, 0.3) is 0 Å². The summed E-state index contributed by atoms with van der Waals surface area (Å²) in [4.78, 5) is 39.0. The van der Waals surface area contributed by atoms with Gasteiger partial charge in [-0.3, -0.25) is 4.79 Å². The largest absolute Gasteiger partial charge is 0.493 e. The van der Waals surface area contributed by atoms with Crippen LogP contribution in [0.3, 0.4) is 0 Å². The highest BCUT2D eigenvalue weighted by atomic mass is 16.6. The maximum atomic E-state index is 13.2. The second-order valence-electron chi connectivity index (χ2n) is 17.7. The van der Waals surface area contributed by atoms with E-state index in [0.717, 1.165) is 56.1 Å². The Morgan fingerprint density at radius 2 is 1.42 bits per heavy atom. The van der Waals surface area contributed by atoms with Crippen LogP contribution in [0.25, 0.3) is 0 Å². The van der Waals surface area contributed by atoms with Crippen molar-refractivity contribution >= 4 is 18.2 Å². The van der Waals surface area contributed by atoms with Crippen molar-refractivity contribution in [3.8, 4) is 23.0 Å². The number of hydrogen-bond donors (Lipinski definition) is 3. The Bertz CT molecular complexity index is 1710. The van der Waals surface area contributed by atoms with Gasteiger partial charge in [0.1, 0.15) is 6.61 Å². The molecule has 6 fully saturated rings. The van der Waals surface area contributed by atoms with Gasteiger partial charge in [0.05, 0.1) is 33.9 Å². The SMILES string of the molecule is COc1ccc(C[C@H]2COC(=O)[C@@H]2Cc2ccc(OC(=O)N[C@@H]3CCCC[C@H]3NCCOC(=O)NC34CC5CC(C)(CC(C)(C5)C3)C4)c(OC)c2)cc1OC. The number of nitrogens with one attached hydrogen (secondary N) is 3. The van der Waals surface area contributed by atoms with Gasteiger partial charge in [0, 0.05) is 30.1 Å². The number of ether oxygens (including phenoxy) is 6. The highest BCUT2D eigenvalue weighted by molar-refractivity contribution is 5.75. The molecule has 55 heavy (non-hydrogen) atoms. The predicted molar refractivity (Wildman–Crippen MR) is 206 cm³/mol. The lowest BCUT2D eigenvalue weighted by Gasteiger charge is -2.65. The average Bonchev–Trinajstić information content (AvgIpc) is 3.46. The molecule has 4 bridgehead atoms. The number of alkyl carbamates (subject to hydrolysis) is 1. The van der Waals surface area contributed by atoms with E-state index in [2.05, 4.69) is 29.8 Å². The van der Waals surface area contributed by atoms with Crippen molar-refractivity contribution in [2.75, 3.05) is 41.1 Å². The molecule has 2 aromatic carbocycles. The zero-order chi connectivity index (χ0) is 38.8. The van der Waals surface area contributed by atoms with Gasteiger partial charge in [0.2, 0.25) is 0 Å². The molecular formula is C43H59N3O9. The zero-order valence-corrected chi connectivity index (χ0v) is 33.1. The number of methoxy groups -OCH3 is 3. The van der Waals surface area contributed by atoms with E-state index in [1.807, 2.05) is 30.3 Å². The number of hydrogen-bond acceptors (Lipinski definition) is 10. The van der Waals surface area contributed by atoms with E-state index >= 15 is 0 Å². The Hall–Kier alpha value is -4.19. The first-order valence-electron chi connectivity index (χ1n) is 20.1. The molecule has 300 valence electrons. The molecular weight excluding hydrogens is 702 g/mol. The predicted octanol–water partition coefficient (Wildman–Crippen LogP) is 6.75. The van der Waals surface area contributed by atoms with Crippen LogP contribution in [0.1, 0.15) is 89.2 Å². The van der Waals surface area contributed by atoms with E-state index in [1.54, 1.807) is 20.3 Å². The van der Waals surface area contributed by atoms with Gasteiger partial charge >= 0.3 is 18.2 Å². The minimum Gasteiger partial charge on any atom is -0.493 e. The maximum absolute atomic E-state index is 13.2. The topological polar surface area (TPSA) is 143 Å². The summed E-state index contributed by atoms with van der Waals surface area (Å²) in [5, 5.41) is 9.89. The smallest absolute Gasteiger partial charge is 0.413 e. The summed E-state index contributed by atoms with van der Waals surface area (Å²) in [6.45, 7) is 5.89. The molecule has 5 saturated carbocycles. The van der Waals surface area contributed by atoms with Gasteiger partial charge in [-0.2, -0.15) is 0 Å². The fourth-order valence-electron chi connectivity index (χ4n) is 11.6. The van der Waals surface area contributed by atoms with Crippen LogP contribution in [0.15, 0.2) is 36.4 Å². The third kappa shape index (κ3) is 8.95. The van der Waals surface area contributed by atoms with Crippen LogP contribution >= 0.6 is 0 Å². The fraction of sp³-hybridized carbons (Fsp3) is 0.651. The Labute approximate surface area is 325 Å². The van der Waals surface area contributed by atoms with Gasteiger partial charge in [0.15, 0.2) is 23.0 Å². The Kier molecular flexibility index (Phi) is 11.4. The van der Waals surface area contributed by atoms with Crippen LogP contribution in [0.5, 0.6) is 23.0 Å². The molecule has 2 unspecified atom stereocenters. The summed E-state index contributed by atoms with van der Waals surface area (Å²) < 4.78 is 33.4. The number of carbonyl (C=O) groups excluding carboxylic acids is 3. The second kappa shape index (κ2) is 16.1. The molecule has 12 heteroatoms. The molecule has 0 aromatic heterocycles. The van der Waals surface area contributed by atoms with Crippen molar-refractivity contribution in [2.24, 2.45) is 28.6 Å². The van der Waals surface area contributed by atoms with E-state index in [4.69, 9.17) is 28.4 Å². The second-order valence-corrected chi connectivity index (χ2v) is 17.7. The third-order valence-electron chi connectivity index (χ3n) is 12.9. The number of esters is 1. The van der Waals surface area contributed by atoms with Crippen molar-refractivity contribution in [1.29, 1.82) is 0 Å². The lowest BCUT2D eigenvalue weighted by atomic mass is 9.43. The summed E-state index contributed by atoms with van der Waals surface area (Å²) in [5.74, 6) is 2.10. The molecule has 0 radical (unpaired) electrons. The zero-order valence-electron chi connectivity index (χ0n) is 33.1. The first kappa shape index (κ1) is 39.1. The number of amides is 2. The first-order chi connectivity index (χ1) is 26.4. The van der Waals surface area contributed by atoms with Crippen molar-refractivity contribution in [3.05, 3.63) is 47.5 Å². The summed E-state index contributed by atoms with van der Waals surface area (Å²) in [5.41, 5.74) is 2.39. The van der Waals surface area contributed by atoms with E-state index in [0.29, 0.717) is 65.7 Å². The number of benzene rings is 2. The van der Waals surface area contributed by atoms with E-state index in [9.17, 15) is 14.4 Å². The molecule has 1 heterocycles. The highest BCUT2D eigenvalue weighted by Crippen LogP contribution is 2.66. The Morgan fingerprint density at radius 1 is 0.782 bits per heavy atom. The van der Waals surface area contributed by atoms with E-state index < -0.39 is 6.09 Å². The van der Waals surface area contributed by atoms with Crippen molar-refractivity contribution in [1.82, 2.24) is 16.0 Å². The maximum Gasteiger partial charge on any atom is 0.413 e. The molecule has 8 rings (SSSR count). The first-order valence-corrected chi connectivity index (χ1v) is 20.1. The number of carbonyl (C=O) groups is 3. The third-order valence-corrected chi connectivity index (χ3v) is 12.9. The normalized spacial score (nSPS) is 32.0. The molecule has 2 aromatic rings. The number of cyclic esters (lactones) is 1. The van der Waals surface area contributed by atoms with Crippen LogP contribution in [0.4, 0.5) is 9.59 Å². The van der Waals surface area contributed by atoms with Gasteiger partial charge in [-0.15, -0.1) is 0 Å². The molecule has 1 aliphatic heterocycles. The summed E-state index contributed by atoms with van der Waals surface area (Å²) in [6, 6.07) is 11.0. The molecule has 6 atom stereocenters. The molecule has 3 N–H and O–H groups in total. The lowest BCUT2D eigenvalue weighted by Crippen LogP contribution is -2.65. The molecule has 5 aliphatic carbocycles. The van der Waals surface area contributed by atoms with Gasteiger partial charge in [-0.1, -0.05) is 38.8 Å². The molecule has 12 nitrogen and oxygen atoms in total. The molecule has 1 saturated heterocycles. The molecule has 0 spiro atoms.